The normalized spacial score (nSPS) is 11.7. The Morgan fingerprint density at radius 2 is 1.57 bits per heavy atom. The molecule has 0 aliphatic carbocycles. The number of carboxylic acids is 2. The molecule has 0 aliphatic heterocycles. The van der Waals surface area contributed by atoms with E-state index < -0.39 is 42.1 Å². The number of nitrogens with one attached hydrogen (secondary N) is 2. The van der Waals surface area contributed by atoms with E-state index in [1.54, 1.807) is 24.5 Å². The number of pyridine rings is 1. The standard InChI is InChI=1S/C31H31FN6O2.2C2HF3O2/c1-4-18-13-24(27(32)26(14-18)40-5-2)28(37-20-7-9-21-19(15-20)10-11-35-29(21)33)31-36-16-25(38-31)23-12-17(3)6-8-22(23)30(34)39;2*3-2(4,5)1(6)7/h6-16,28,37H,4-5H2,1-3H3,(H2,33,35)(H2,34,39)(H,36,38);2*(H,6,7). The highest BCUT2D eigenvalue weighted by atomic mass is 19.4. The molecule has 0 saturated carbocycles. The third kappa shape index (κ3) is 10.8. The van der Waals surface area contributed by atoms with Gasteiger partial charge in [0.1, 0.15) is 17.7 Å². The molecule has 1 unspecified atom stereocenters. The lowest BCUT2D eigenvalue weighted by Crippen LogP contribution is -2.21. The van der Waals surface area contributed by atoms with Crippen molar-refractivity contribution in [2.75, 3.05) is 17.7 Å². The van der Waals surface area contributed by atoms with Gasteiger partial charge in [-0.25, -0.2) is 23.9 Å². The molecule has 0 saturated heterocycles. The molecule has 19 heteroatoms. The number of rotatable bonds is 9. The van der Waals surface area contributed by atoms with Gasteiger partial charge in [-0.3, -0.25) is 4.79 Å². The number of aryl methyl sites for hydroxylation is 2. The number of primary amides is 1. The molecule has 0 fully saturated rings. The minimum absolute atomic E-state index is 0.183. The maximum absolute atomic E-state index is 16.0. The quantitative estimate of drug-likeness (QED) is 0.0833. The van der Waals surface area contributed by atoms with Gasteiger partial charge in [0.15, 0.2) is 11.6 Å². The van der Waals surface area contributed by atoms with Crippen LogP contribution in [0.25, 0.3) is 22.0 Å². The maximum Gasteiger partial charge on any atom is 0.490 e. The molecule has 288 valence electrons. The molecule has 2 heterocycles. The SMILES string of the molecule is CCOc1cc(CC)cc(C(Nc2ccc3c(N)nccc3c2)c2nc(-c3cc(C)ccc3C(N)=O)c[nH]2)c1F.O=C(O)C(F)(F)F.O=C(O)C(F)(F)F. The molecule has 0 spiro atoms. The molecule has 3 aromatic carbocycles. The number of aliphatic carboxylic acids is 2. The second kappa shape index (κ2) is 17.4. The van der Waals surface area contributed by atoms with Gasteiger partial charge < -0.3 is 36.7 Å². The van der Waals surface area contributed by atoms with Crippen molar-refractivity contribution < 1.29 is 60.1 Å². The van der Waals surface area contributed by atoms with Crippen LogP contribution in [0.3, 0.4) is 0 Å². The Morgan fingerprint density at radius 3 is 2.13 bits per heavy atom. The summed E-state index contributed by atoms with van der Waals surface area (Å²) in [4.78, 5) is 42.1. The van der Waals surface area contributed by atoms with E-state index >= 15 is 4.39 Å². The van der Waals surface area contributed by atoms with Crippen molar-refractivity contribution in [2.45, 2.75) is 45.6 Å². The third-order valence-corrected chi connectivity index (χ3v) is 7.33. The summed E-state index contributed by atoms with van der Waals surface area (Å²) in [6.07, 6.45) is -6.13. The van der Waals surface area contributed by atoms with Gasteiger partial charge in [-0.05, 0) is 73.7 Å². The van der Waals surface area contributed by atoms with Gasteiger partial charge in [0.05, 0.1) is 12.3 Å². The number of imidazole rings is 1. The van der Waals surface area contributed by atoms with Crippen LogP contribution in [0.1, 0.15) is 52.8 Å². The van der Waals surface area contributed by atoms with E-state index in [-0.39, 0.29) is 5.75 Å². The largest absolute Gasteiger partial charge is 0.491 e. The number of carboxylic acid groups (broad SMARTS) is 2. The molecule has 12 nitrogen and oxygen atoms in total. The average Bonchev–Trinajstić information content (AvgIpc) is 3.58. The number of nitrogens with two attached hydrogens (primary N) is 2. The zero-order chi connectivity index (χ0) is 40.5. The molecule has 2 aromatic heterocycles. The second-order valence-corrected chi connectivity index (χ2v) is 11.2. The number of hydrogen-bond donors (Lipinski definition) is 6. The van der Waals surface area contributed by atoms with Crippen LogP contribution in [-0.2, 0) is 16.0 Å². The number of nitrogens with zero attached hydrogens (tertiary/aromatic N) is 2. The van der Waals surface area contributed by atoms with Crippen LogP contribution in [-0.4, -0.2) is 62.0 Å². The zero-order valence-electron chi connectivity index (χ0n) is 28.6. The fourth-order valence-electron chi connectivity index (χ4n) is 4.81. The van der Waals surface area contributed by atoms with Crippen LogP contribution in [0.5, 0.6) is 5.75 Å². The number of halogens is 7. The minimum atomic E-state index is -5.08. The first-order valence-electron chi connectivity index (χ1n) is 15.6. The fraction of sp³-hybridized carbons (Fsp3) is 0.229. The smallest absolute Gasteiger partial charge is 0.490 e. The molecule has 0 radical (unpaired) electrons. The molecule has 5 aromatic rings. The summed E-state index contributed by atoms with van der Waals surface area (Å²) < 4.78 is 85.1. The Balaban J connectivity index is 0.000000476. The monoisotopic (exact) mass is 766 g/mol. The van der Waals surface area contributed by atoms with E-state index in [1.807, 2.05) is 63.2 Å². The molecule has 0 bridgehead atoms. The lowest BCUT2D eigenvalue weighted by Gasteiger charge is -2.22. The Kier molecular flexibility index (Phi) is 13.5. The molecule has 54 heavy (non-hydrogen) atoms. The van der Waals surface area contributed by atoms with Crippen LogP contribution < -0.4 is 21.5 Å². The highest BCUT2D eigenvalue weighted by Crippen LogP contribution is 2.35. The van der Waals surface area contributed by atoms with Crippen LogP contribution >= 0.6 is 0 Å². The van der Waals surface area contributed by atoms with Crippen LogP contribution in [0.4, 0.5) is 42.2 Å². The molecule has 0 aliphatic rings. The van der Waals surface area contributed by atoms with E-state index in [0.29, 0.717) is 47.1 Å². The molecule has 1 atom stereocenters. The number of anilines is 2. The lowest BCUT2D eigenvalue weighted by molar-refractivity contribution is -0.193. The number of hydrogen-bond acceptors (Lipinski definition) is 8. The fourth-order valence-corrected chi connectivity index (χ4v) is 4.81. The molecule has 1 amide bonds. The minimum Gasteiger partial charge on any atom is -0.491 e. The predicted octanol–water partition coefficient (Wildman–Crippen LogP) is 7.18. The summed E-state index contributed by atoms with van der Waals surface area (Å²) in [5, 5.41) is 19.4. The first-order chi connectivity index (χ1) is 25.2. The Bertz CT molecular complexity index is 2110. The highest BCUT2D eigenvalue weighted by molar-refractivity contribution is 5.99. The van der Waals surface area contributed by atoms with Crippen molar-refractivity contribution in [3.05, 3.63) is 101 Å². The van der Waals surface area contributed by atoms with Crippen LogP contribution in [0.15, 0.2) is 67.0 Å². The first-order valence-corrected chi connectivity index (χ1v) is 15.6. The Labute approximate surface area is 302 Å². The van der Waals surface area contributed by atoms with Crippen molar-refractivity contribution in [3.63, 3.8) is 0 Å². The van der Waals surface area contributed by atoms with E-state index in [1.165, 1.54) is 0 Å². The number of H-pyrrole nitrogens is 1. The van der Waals surface area contributed by atoms with Crippen molar-refractivity contribution >= 4 is 40.1 Å². The summed E-state index contributed by atoms with van der Waals surface area (Å²) in [5.74, 6) is -5.47. The van der Waals surface area contributed by atoms with Gasteiger partial charge >= 0.3 is 24.3 Å². The number of aromatic amines is 1. The summed E-state index contributed by atoms with van der Waals surface area (Å²) in [7, 11) is 0. The second-order valence-electron chi connectivity index (χ2n) is 11.2. The van der Waals surface area contributed by atoms with E-state index in [9.17, 15) is 31.1 Å². The Morgan fingerprint density at radius 1 is 0.944 bits per heavy atom. The molecular formula is C35H33F7N6O6. The van der Waals surface area contributed by atoms with Gasteiger partial charge in [0.2, 0.25) is 5.91 Å². The van der Waals surface area contributed by atoms with Crippen molar-refractivity contribution in [1.82, 2.24) is 15.0 Å². The molecule has 5 rings (SSSR count). The highest BCUT2D eigenvalue weighted by Gasteiger charge is 2.39. The number of carbonyl (C=O) groups excluding carboxylic acids is 1. The summed E-state index contributed by atoms with van der Waals surface area (Å²) in [6, 6.07) is 15.7. The third-order valence-electron chi connectivity index (χ3n) is 7.33. The average molecular weight is 767 g/mol. The van der Waals surface area contributed by atoms with Gasteiger partial charge in [-0.15, -0.1) is 0 Å². The van der Waals surface area contributed by atoms with Crippen molar-refractivity contribution in [3.8, 4) is 17.0 Å². The topological polar surface area (TPSA) is 207 Å². The summed E-state index contributed by atoms with van der Waals surface area (Å²) in [6.45, 7) is 6.08. The maximum atomic E-state index is 16.0. The van der Waals surface area contributed by atoms with Gasteiger partial charge in [-0.1, -0.05) is 24.6 Å². The van der Waals surface area contributed by atoms with Crippen LogP contribution in [0.2, 0.25) is 0 Å². The first kappa shape index (κ1) is 42.0. The van der Waals surface area contributed by atoms with Gasteiger partial charge in [-0.2, -0.15) is 26.3 Å². The number of aromatic nitrogens is 3. The number of alkyl halides is 6. The van der Waals surface area contributed by atoms with E-state index in [4.69, 9.17) is 41.0 Å². The van der Waals surface area contributed by atoms with E-state index in [2.05, 4.69) is 15.3 Å². The number of benzene rings is 3. The molecular weight excluding hydrogens is 733 g/mol. The zero-order valence-corrected chi connectivity index (χ0v) is 28.6. The number of nitrogen functional groups attached to an aromatic ring is 1. The van der Waals surface area contributed by atoms with Crippen molar-refractivity contribution in [1.29, 1.82) is 0 Å². The van der Waals surface area contributed by atoms with Gasteiger partial charge in [0.25, 0.3) is 0 Å². The number of amides is 1. The summed E-state index contributed by atoms with van der Waals surface area (Å²) >= 11 is 0. The Hall–Kier alpha value is -6.40. The van der Waals surface area contributed by atoms with Crippen LogP contribution in [0, 0.1) is 12.7 Å². The van der Waals surface area contributed by atoms with Crippen molar-refractivity contribution in [2.24, 2.45) is 5.73 Å². The number of ether oxygens (including phenoxy) is 1. The number of carbonyl (C=O) groups is 3. The van der Waals surface area contributed by atoms with E-state index in [0.717, 1.165) is 27.6 Å². The number of fused-ring (bicyclic) bond motifs is 1. The predicted molar refractivity (Wildman–Crippen MR) is 183 cm³/mol. The lowest BCUT2D eigenvalue weighted by atomic mass is 9.99. The summed E-state index contributed by atoms with van der Waals surface area (Å²) in [5.41, 5.74) is 16.1. The molecule has 8 N–H and O–H groups in total. The van der Waals surface area contributed by atoms with Gasteiger partial charge in [0, 0.05) is 40.2 Å².